The summed E-state index contributed by atoms with van der Waals surface area (Å²) in [6, 6.07) is 21.4. The molecule has 3 aromatic carbocycles. The third-order valence-electron chi connectivity index (χ3n) is 7.05. The van der Waals surface area contributed by atoms with E-state index in [-0.39, 0.29) is 24.4 Å². The molecule has 1 fully saturated rings. The standard InChI is InChI=1S/C30H34Cl2N4O2/c1-21(37)33-28-9-5-4-8-25(28)22-10-12-23(13-11-22)29(19-36-16-6-7-17-36)35(3)30(38)20-34(2)24-14-15-26(31)27(32)18-24/h4-5,8-15,18,29H,6-7,16-17,19-20H2,1-3H3,(H,33,37). The number of hydrogen-bond donors (Lipinski definition) is 1. The maximum absolute atomic E-state index is 13.5. The Morgan fingerprint density at radius 1 is 0.947 bits per heavy atom. The highest BCUT2D eigenvalue weighted by Crippen LogP contribution is 2.31. The molecule has 0 saturated carbocycles. The number of halogens is 2. The first-order chi connectivity index (χ1) is 18.2. The summed E-state index contributed by atoms with van der Waals surface area (Å²) in [6.07, 6.45) is 2.37. The number of amides is 2. The third-order valence-corrected chi connectivity index (χ3v) is 7.79. The van der Waals surface area contributed by atoms with Crippen LogP contribution < -0.4 is 10.2 Å². The molecular weight excluding hydrogens is 519 g/mol. The highest BCUT2D eigenvalue weighted by Gasteiger charge is 2.26. The van der Waals surface area contributed by atoms with Crippen molar-refractivity contribution in [2.75, 3.05) is 50.5 Å². The fraction of sp³-hybridized carbons (Fsp3) is 0.333. The largest absolute Gasteiger partial charge is 0.365 e. The number of hydrogen-bond acceptors (Lipinski definition) is 4. The van der Waals surface area contributed by atoms with Crippen molar-refractivity contribution in [2.45, 2.75) is 25.8 Å². The van der Waals surface area contributed by atoms with Crippen LogP contribution in [0.15, 0.2) is 66.7 Å². The summed E-state index contributed by atoms with van der Waals surface area (Å²) in [5.41, 5.74) is 4.65. The zero-order valence-corrected chi connectivity index (χ0v) is 23.6. The van der Waals surface area contributed by atoms with E-state index in [1.165, 1.54) is 19.8 Å². The molecule has 1 unspecified atom stereocenters. The maximum Gasteiger partial charge on any atom is 0.242 e. The second-order valence-corrected chi connectivity index (χ2v) is 10.6. The minimum absolute atomic E-state index is 0.0165. The molecule has 0 bridgehead atoms. The Morgan fingerprint density at radius 3 is 2.29 bits per heavy atom. The quantitative estimate of drug-likeness (QED) is 0.336. The molecule has 1 aliphatic heterocycles. The first-order valence-corrected chi connectivity index (χ1v) is 13.6. The topological polar surface area (TPSA) is 55.9 Å². The minimum Gasteiger partial charge on any atom is -0.365 e. The molecule has 1 aliphatic rings. The number of para-hydroxylation sites is 1. The molecule has 8 heteroatoms. The van der Waals surface area contributed by atoms with Gasteiger partial charge in [0.15, 0.2) is 0 Å². The molecule has 1 heterocycles. The van der Waals surface area contributed by atoms with E-state index in [4.69, 9.17) is 23.2 Å². The van der Waals surface area contributed by atoms with Crippen molar-refractivity contribution in [3.63, 3.8) is 0 Å². The van der Waals surface area contributed by atoms with Gasteiger partial charge in [-0.1, -0.05) is 65.7 Å². The van der Waals surface area contributed by atoms with Gasteiger partial charge in [-0.2, -0.15) is 0 Å². The first-order valence-electron chi connectivity index (χ1n) is 12.8. The van der Waals surface area contributed by atoms with E-state index in [1.807, 2.05) is 54.2 Å². The van der Waals surface area contributed by atoms with E-state index in [9.17, 15) is 9.59 Å². The summed E-state index contributed by atoms with van der Waals surface area (Å²) in [5, 5.41) is 3.86. The van der Waals surface area contributed by atoms with E-state index in [2.05, 4.69) is 34.5 Å². The zero-order chi connectivity index (χ0) is 27.2. The lowest BCUT2D eigenvalue weighted by Crippen LogP contribution is -2.42. The number of anilines is 2. The average molecular weight is 554 g/mol. The van der Waals surface area contributed by atoms with Crippen LogP contribution >= 0.6 is 23.2 Å². The molecular formula is C30H34Cl2N4O2. The monoisotopic (exact) mass is 552 g/mol. The van der Waals surface area contributed by atoms with Crippen LogP contribution in [0.25, 0.3) is 11.1 Å². The van der Waals surface area contributed by atoms with Crippen LogP contribution in [0, 0.1) is 0 Å². The minimum atomic E-state index is -0.106. The number of likely N-dealkylation sites (N-methyl/N-ethyl adjacent to an activating group) is 2. The number of likely N-dealkylation sites (tertiary alicyclic amines) is 1. The molecule has 1 saturated heterocycles. The lowest BCUT2D eigenvalue weighted by molar-refractivity contribution is -0.131. The van der Waals surface area contributed by atoms with Gasteiger partial charge in [0, 0.05) is 44.5 Å². The van der Waals surface area contributed by atoms with E-state index in [0.717, 1.165) is 47.7 Å². The smallest absolute Gasteiger partial charge is 0.242 e. The van der Waals surface area contributed by atoms with Gasteiger partial charge in [-0.25, -0.2) is 0 Å². The Morgan fingerprint density at radius 2 is 1.63 bits per heavy atom. The van der Waals surface area contributed by atoms with E-state index in [1.54, 1.807) is 12.1 Å². The maximum atomic E-state index is 13.5. The summed E-state index contributed by atoms with van der Waals surface area (Å²) in [4.78, 5) is 31.3. The van der Waals surface area contributed by atoms with Crippen molar-refractivity contribution in [3.05, 3.63) is 82.3 Å². The normalized spacial score (nSPS) is 14.2. The van der Waals surface area contributed by atoms with Crippen LogP contribution in [0.5, 0.6) is 0 Å². The molecule has 0 spiro atoms. The van der Waals surface area contributed by atoms with Gasteiger partial charge >= 0.3 is 0 Å². The predicted molar refractivity (Wildman–Crippen MR) is 157 cm³/mol. The molecule has 1 atom stereocenters. The Labute approximate surface area is 235 Å². The van der Waals surface area contributed by atoms with Crippen LogP contribution in [0.2, 0.25) is 10.0 Å². The van der Waals surface area contributed by atoms with Gasteiger partial charge in [0.05, 0.1) is 22.6 Å². The van der Waals surface area contributed by atoms with Crippen molar-refractivity contribution in [3.8, 4) is 11.1 Å². The number of rotatable bonds is 9. The number of nitrogens with zero attached hydrogens (tertiary/aromatic N) is 3. The molecule has 3 aromatic rings. The van der Waals surface area contributed by atoms with Crippen molar-refractivity contribution < 1.29 is 9.59 Å². The molecule has 2 amide bonds. The molecule has 38 heavy (non-hydrogen) atoms. The molecule has 1 N–H and O–H groups in total. The Balaban J connectivity index is 1.55. The SMILES string of the molecule is CC(=O)Nc1ccccc1-c1ccc(C(CN2CCCC2)N(C)C(=O)CN(C)c2ccc(Cl)c(Cl)c2)cc1. The lowest BCUT2D eigenvalue weighted by atomic mass is 9.98. The van der Waals surface area contributed by atoms with Crippen molar-refractivity contribution >= 4 is 46.4 Å². The van der Waals surface area contributed by atoms with E-state index >= 15 is 0 Å². The second kappa shape index (κ2) is 12.7. The highest BCUT2D eigenvalue weighted by molar-refractivity contribution is 6.42. The molecule has 200 valence electrons. The highest BCUT2D eigenvalue weighted by atomic mass is 35.5. The third kappa shape index (κ3) is 6.87. The van der Waals surface area contributed by atoms with Gasteiger partial charge in [0.2, 0.25) is 11.8 Å². The zero-order valence-electron chi connectivity index (χ0n) is 22.1. The summed E-state index contributed by atoms with van der Waals surface area (Å²) in [5.74, 6) is -0.0893. The van der Waals surface area contributed by atoms with Crippen molar-refractivity contribution in [2.24, 2.45) is 0 Å². The van der Waals surface area contributed by atoms with Gasteiger partial charge in [-0.15, -0.1) is 0 Å². The van der Waals surface area contributed by atoms with Gasteiger partial charge < -0.3 is 20.0 Å². The van der Waals surface area contributed by atoms with E-state index < -0.39 is 0 Å². The Bertz CT molecular complexity index is 1280. The van der Waals surface area contributed by atoms with Gasteiger partial charge in [-0.3, -0.25) is 9.59 Å². The van der Waals surface area contributed by atoms with Crippen LogP contribution in [0.1, 0.15) is 31.4 Å². The average Bonchev–Trinajstić information content (AvgIpc) is 3.42. The Hall–Kier alpha value is -3.06. The molecule has 4 rings (SSSR count). The van der Waals surface area contributed by atoms with Gasteiger partial charge in [0.1, 0.15) is 0 Å². The molecule has 0 aliphatic carbocycles. The summed E-state index contributed by atoms with van der Waals surface area (Å²) >= 11 is 12.3. The summed E-state index contributed by atoms with van der Waals surface area (Å²) in [6.45, 7) is 4.59. The number of benzene rings is 3. The predicted octanol–water partition coefficient (Wildman–Crippen LogP) is 6.35. The van der Waals surface area contributed by atoms with Gasteiger partial charge in [-0.05, 0) is 61.3 Å². The number of carbonyl (C=O) groups excluding carboxylic acids is 2. The first kappa shape index (κ1) is 28.0. The van der Waals surface area contributed by atoms with E-state index in [0.29, 0.717) is 10.0 Å². The number of carbonyl (C=O) groups is 2. The molecule has 0 radical (unpaired) electrons. The lowest BCUT2D eigenvalue weighted by Gasteiger charge is -2.33. The van der Waals surface area contributed by atoms with Crippen LogP contribution in [-0.2, 0) is 9.59 Å². The molecule has 6 nitrogen and oxygen atoms in total. The molecule has 0 aromatic heterocycles. The van der Waals surface area contributed by atoms with Crippen molar-refractivity contribution in [1.82, 2.24) is 9.80 Å². The fourth-order valence-electron chi connectivity index (χ4n) is 4.88. The van der Waals surface area contributed by atoms with Gasteiger partial charge in [0.25, 0.3) is 0 Å². The number of nitrogens with one attached hydrogen (secondary N) is 1. The fourth-order valence-corrected chi connectivity index (χ4v) is 5.17. The summed E-state index contributed by atoms with van der Waals surface area (Å²) in [7, 11) is 3.76. The second-order valence-electron chi connectivity index (χ2n) is 9.83. The van der Waals surface area contributed by atoms with Crippen LogP contribution in [0.4, 0.5) is 11.4 Å². The summed E-state index contributed by atoms with van der Waals surface area (Å²) < 4.78 is 0. The Kier molecular flexibility index (Phi) is 9.31. The van der Waals surface area contributed by atoms with Crippen molar-refractivity contribution in [1.29, 1.82) is 0 Å². The van der Waals surface area contributed by atoms with Crippen LogP contribution in [-0.4, -0.2) is 61.9 Å². The van der Waals surface area contributed by atoms with Crippen LogP contribution in [0.3, 0.4) is 0 Å².